The second-order valence-corrected chi connectivity index (χ2v) is 6.15. The number of aromatic nitrogens is 2. The molecule has 0 saturated heterocycles. The predicted octanol–water partition coefficient (Wildman–Crippen LogP) is 4.27. The normalized spacial score (nSPS) is 10.9. The Morgan fingerprint density at radius 3 is 2.55 bits per heavy atom. The second-order valence-electron chi connectivity index (χ2n) is 4.67. The molecule has 2 aromatic rings. The lowest BCUT2D eigenvalue weighted by Crippen LogP contribution is -2.06. The van der Waals surface area contributed by atoms with Crippen LogP contribution in [-0.4, -0.2) is 22.1 Å². The first-order valence-electron chi connectivity index (χ1n) is 6.18. The van der Waals surface area contributed by atoms with Gasteiger partial charge in [0.25, 0.3) is 0 Å². The standard InChI is InChI=1S/C14H15ClIN3O/c1-7(2)12-11(16)14(17-3)19-13(18-12)8-4-5-10(20)9(15)6-8/h4-7,20H,1-3H3,(H,17,18,19). The molecule has 0 aliphatic rings. The number of phenols is 1. The summed E-state index contributed by atoms with van der Waals surface area (Å²) in [5.74, 6) is 1.74. The van der Waals surface area contributed by atoms with Gasteiger partial charge in [-0.25, -0.2) is 9.97 Å². The largest absolute Gasteiger partial charge is 0.506 e. The Balaban J connectivity index is 2.61. The Labute approximate surface area is 136 Å². The third kappa shape index (κ3) is 2.98. The average Bonchev–Trinajstić information content (AvgIpc) is 2.42. The number of hydrogen-bond donors (Lipinski definition) is 2. The smallest absolute Gasteiger partial charge is 0.161 e. The molecular formula is C14H15ClIN3O. The van der Waals surface area contributed by atoms with Crippen molar-refractivity contribution in [3.05, 3.63) is 32.5 Å². The fraction of sp³-hybridized carbons (Fsp3) is 0.286. The van der Waals surface area contributed by atoms with Gasteiger partial charge >= 0.3 is 0 Å². The van der Waals surface area contributed by atoms with Gasteiger partial charge in [-0.2, -0.15) is 0 Å². The molecule has 0 aliphatic heterocycles. The molecule has 0 unspecified atom stereocenters. The highest BCUT2D eigenvalue weighted by molar-refractivity contribution is 14.1. The van der Waals surface area contributed by atoms with Gasteiger partial charge in [-0.05, 0) is 46.7 Å². The van der Waals surface area contributed by atoms with Gasteiger partial charge in [-0.3, -0.25) is 0 Å². The highest BCUT2D eigenvalue weighted by atomic mass is 127. The van der Waals surface area contributed by atoms with Crippen molar-refractivity contribution in [2.75, 3.05) is 12.4 Å². The maximum Gasteiger partial charge on any atom is 0.161 e. The van der Waals surface area contributed by atoms with Crippen LogP contribution >= 0.6 is 34.2 Å². The van der Waals surface area contributed by atoms with Crippen LogP contribution in [0.3, 0.4) is 0 Å². The van der Waals surface area contributed by atoms with Gasteiger partial charge in [0, 0.05) is 12.6 Å². The van der Waals surface area contributed by atoms with E-state index in [0.29, 0.717) is 16.8 Å². The summed E-state index contributed by atoms with van der Waals surface area (Å²) in [5, 5.41) is 12.9. The molecule has 0 aliphatic carbocycles. The molecule has 0 radical (unpaired) electrons. The van der Waals surface area contributed by atoms with E-state index in [1.807, 2.05) is 7.05 Å². The number of hydrogen-bond acceptors (Lipinski definition) is 4. The molecule has 0 fully saturated rings. The van der Waals surface area contributed by atoms with Crippen molar-refractivity contribution < 1.29 is 5.11 Å². The van der Waals surface area contributed by atoms with Gasteiger partial charge in [0.15, 0.2) is 5.82 Å². The molecule has 6 heteroatoms. The minimum Gasteiger partial charge on any atom is -0.506 e. The number of aromatic hydroxyl groups is 1. The van der Waals surface area contributed by atoms with E-state index in [9.17, 15) is 5.11 Å². The van der Waals surface area contributed by atoms with Crippen LogP contribution in [0.25, 0.3) is 11.4 Å². The molecule has 0 atom stereocenters. The summed E-state index contributed by atoms with van der Waals surface area (Å²) >= 11 is 8.20. The summed E-state index contributed by atoms with van der Waals surface area (Å²) in [6.07, 6.45) is 0. The maximum absolute atomic E-state index is 9.49. The summed E-state index contributed by atoms with van der Waals surface area (Å²) in [5.41, 5.74) is 1.77. The molecule has 1 aromatic heterocycles. The predicted molar refractivity (Wildman–Crippen MR) is 90.5 cm³/mol. The fourth-order valence-corrected chi connectivity index (χ4v) is 3.10. The Bertz CT molecular complexity index is 647. The second kappa shape index (κ2) is 6.13. The number of nitrogens with zero attached hydrogens (tertiary/aromatic N) is 2. The van der Waals surface area contributed by atoms with Crippen LogP contribution in [0.5, 0.6) is 5.75 Å². The Kier molecular flexibility index (Phi) is 4.70. The van der Waals surface area contributed by atoms with E-state index in [2.05, 4.69) is 51.7 Å². The van der Waals surface area contributed by atoms with E-state index in [1.165, 1.54) is 0 Å². The van der Waals surface area contributed by atoms with Gasteiger partial charge in [0.1, 0.15) is 11.6 Å². The van der Waals surface area contributed by atoms with E-state index in [4.69, 9.17) is 11.6 Å². The molecule has 2 N–H and O–H groups in total. The summed E-state index contributed by atoms with van der Waals surface area (Å²) in [4.78, 5) is 9.13. The molecule has 1 heterocycles. The van der Waals surface area contributed by atoms with Crippen LogP contribution in [0.15, 0.2) is 18.2 Å². The third-order valence-electron chi connectivity index (χ3n) is 2.87. The van der Waals surface area contributed by atoms with E-state index in [-0.39, 0.29) is 5.75 Å². The molecule has 0 spiro atoms. The zero-order valence-corrected chi connectivity index (χ0v) is 14.3. The Morgan fingerprint density at radius 2 is 2.00 bits per heavy atom. The summed E-state index contributed by atoms with van der Waals surface area (Å²) in [7, 11) is 1.84. The molecule has 4 nitrogen and oxygen atoms in total. The third-order valence-corrected chi connectivity index (χ3v) is 4.23. The Morgan fingerprint density at radius 1 is 1.30 bits per heavy atom. The van der Waals surface area contributed by atoms with Crippen molar-refractivity contribution in [2.45, 2.75) is 19.8 Å². The molecule has 106 valence electrons. The van der Waals surface area contributed by atoms with Crippen molar-refractivity contribution in [1.29, 1.82) is 0 Å². The van der Waals surface area contributed by atoms with Crippen LogP contribution in [0.2, 0.25) is 5.02 Å². The van der Waals surface area contributed by atoms with E-state index in [0.717, 1.165) is 20.6 Å². The Hall–Kier alpha value is -1.08. The number of halogens is 2. The lowest BCUT2D eigenvalue weighted by molar-refractivity contribution is 0.475. The SMILES string of the molecule is CNc1nc(-c2ccc(O)c(Cl)c2)nc(C(C)C)c1I. The summed E-state index contributed by atoms with van der Waals surface area (Å²) in [6, 6.07) is 4.97. The first-order valence-corrected chi connectivity index (χ1v) is 7.63. The average molecular weight is 404 g/mol. The summed E-state index contributed by atoms with van der Waals surface area (Å²) in [6.45, 7) is 4.19. The van der Waals surface area contributed by atoms with Crippen molar-refractivity contribution in [3.8, 4) is 17.1 Å². The highest BCUT2D eigenvalue weighted by Gasteiger charge is 2.15. The maximum atomic E-state index is 9.49. The van der Waals surface area contributed by atoms with Crippen molar-refractivity contribution >= 4 is 40.0 Å². The zero-order chi connectivity index (χ0) is 14.9. The lowest BCUT2D eigenvalue weighted by atomic mass is 10.1. The van der Waals surface area contributed by atoms with Crippen molar-refractivity contribution in [1.82, 2.24) is 9.97 Å². The number of nitrogens with one attached hydrogen (secondary N) is 1. The quantitative estimate of drug-likeness (QED) is 0.751. The van der Waals surface area contributed by atoms with Gasteiger partial charge < -0.3 is 10.4 Å². The van der Waals surface area contributed by atoms with Crippen molar-refractivity contribution in [3.63, 3.8) is 0 Å². The number of rotatable bonds is 3. The summed E-state index contributed by atoms with van der Waals surface area (Å²) < 4.78 is 1.02. The molecule has 20 heavy (non-hydrogen) atoms. The number of benzene rings is 1. The van der Waals surface area contributed by atoms with Gasteiger partial charge in [0.2, 0.25) is 0 Å². The van der Waals surface area contributed by atoms with Gasteiger partial charge in [-0.15, -0.1) is 0 Å². The van der Waals surface area contributed by atoms with Crippen LogP contribution < -0.4 is 5.32 Å². The van der Waals surface area contributed by atoms with Crippen LogP contribution in [-0.2, 0) is 0 Å². The van der Waals surface area contributed by atoms with E-state index >= 15 is 0 Å². The zero-order valence-electron chi connectivity index (χ0n) is 11.4. The van der Waals surface area contributed by atoms with Gasteiger partial charge in [0.05, 0.1) is 14.3 Å². The minimum atomic E-state index is 0.0545. The highest BCUT2D eigenvalue weighted by Crippen LogP contribution is 2.31. The number of anilines is 1. The van der Waals surface area contributed by atoms with Crippen LogP contribution in [0.4, 0.5) is 5.82 Å². The first-order chi connectivity index (χ1) is 9.43. The number of phenolic OH excluding ortho intramolecular Hbond substituents is 1. The van der Waals surface area contributed by atoms with Crippen molar-refractivity contribution in [2.24, 2.45) is 0 Å². The fourth-order valence-electron chi connectivity index (χ4n) is 1.79. The first kappa shape index (κ1) is 15.3. The van der Waals surface area contributed by atoms with Gasteiger partial charge in [-0.1, -0.05) is 25.4 Å². The van der Waals surface area contributed by atoms with Crippen LogP contribution in [0, 0.1) is 3.57 Å². The van der Waals surface area contributed by atoms with E-state index in [1.54, 1.807) is 18.2 Å². The monoisotopic (exact) mass is 403 g/mol. The topological polar surface area (TPSA) is 58.0 Å². The molecule has 2 rings (SSSR count). The molecule has 0 bridgehead atoms. The minimum absolute atomic E-state index is 0.0545. The molecule has 0 saturated carbocycles. The lowest BCUT2D eigenvalue weighted by Gasteiger charge is -2.13. The molecular weight excluding hydrogens is 389 g/mol. The van der Waals surface area contributed by atoms with E-state index < -0.39 is 0 Å². The van der Waals surface area contributed by atoms with Crippen LogP contribution in [0.1, 0.15) is 25.5 Å². The molecule has 0 amide bonds. The molecule has 1 aromatic carbocycles.